The van der Waals surface area contributed by atoms with Crippen LogP contribution in [0, 0.1) is 11.7 Å². The Kier molecular flexibility index (Phi) is 2.68. The Bertz CT molecular complexity index is 365. The van der Waals surface area contributed by atoms with Gasteiger partial charge in [0.15, 0.2) is 0 Å². The topological polar surface area (TPSA) is 3.24 Å². The quantitative estimate of drug-likeness (QED) is 0.739. The van der Waals surface area contributed by atoms with Crippen molar-refractivity contribution in [3.05, 3.63) is 35.6 Å². The monoisotopic (exact) mass is 219 g/mol. The molecule has 0 N–H and O–H groups in total. The van der Waals surface area contributed by atoms with E-state index in [2.05, 4.69) is 4.90 Å². The molecule has 1 aromatic carbocycles. The third kappa shape index (κ3) is 1.99. The Morgan fingerprint density at radius 2 is 2.31 bits per heavy atom. The highest BCUT2D eigenvalue weighted by molar-refractivity contribution is 5.17. The van der Waals surface area contributed by atoms with E-state index in [1.54, 1.807) is 6.07 Å². The minimum Gasteiger partial charge on any atom is -0.300 e. The largest absolute Gasteiger partial charge is 0.300 e. The van der Waals surface area contributed by atoms with Crippen LogP contribution in [0.25, 0.3) is 0 Å². The van der Waals surface area contributed by atoms with Crippen LogP contribution in [0.4, 0.5) is 4.39 Å². The molecule has 1 aromatic rings. The molecule has 2 atom stereocenters. The number of nitrogens with zero attached hydrogens (tertiary/aromatic N) is 1. The molecule has 0 saturated carbocycles. The van der Waals surface area contributed by atoms with Crippen LogP contribution in [0.15, 0.2) is 24.3 Å². The van der Waals surface area contributed by atoms with E-state index in [0.717, 1.165) is 23.9 Å². The summed E-state index contributed by atoms with van der Waals surface area (Å²) in [6.07, 6.45) is 5.11. The number of hydrogen-bond donors (Lipinski definition) is 0. The third-order valence-corrected chi connectivity index (χ3v) is 4.01. The summed E-state index contributed by atoms with van der Waals surface area (Å²) in [5.41, 5.74) is 1.16. The minimum absolute atomic E-state index is 0.101. The Labute approximate surface area is 96.3 Å². The number of hydrogen-bond acceptors (Lipinski definition) is 1. The van der Waals surface area contributed by atoms with Gasteiger partial charge in [-0.05, 0) is 55.8 Å². The van der Waals surface area contributed by atoms with Crippen molar-refractivity contribution in [3.63, 3.8) is 0 Å². The van der Waals surface area contributed by atoms with Crippen molar-refractivity contribution in [2.45, 2.75) is 31.7 Å². The molecule has 2 heterocycles. The van der Waals surface area contributed by atoms with Gasteiger partial charge in [-0.1, -0.05) is 12.1 Å². The SMILES string of the molecule is Fc1cccc(CC2CC3CCCN3C2)c1. The van der Waals surface area contributed by atoms with Crippen LogP contribution in [-0.4, -0.2) is 24.0 Å². The van der Waals surface area contributed by atoms with E-state index in [-0.39, 0.29) is 5.82 Å². The Balaban J connectivity index is 1.64. The van der Waals surface area contributed by atoms with Gasteiger partial charge < -0.3 is 4.90 Å². The lowest BCUT2D eigenvalue weighted by Crippen LogP contribution is -2.22. The van der Waals surface area contributed by atoms with Gasteiger partial charge in [0.25, 0.3) is 0 Å². The lowest BCUT2D eigenvalue weighted by molar-refractivity contribution is 0.317. The molecule has 1 nitrogen and oxygen atoms in total. The second-order valence-electron chi connectivity index (χ2n) is 5.23. The molecule has 0 amide bonds. The maximum Gasteiger partial charge on any atom is 0.123 e. The fraction of sp³-hybridized carbons (Fsp3) is 0.571. The molecule has 0 aromatic heterocycles. The van der Waals surface area contributed by atoms with Crippen molar-refractivity contribution in [2.75, 3.05) is 13.1 Å². The van der Waals surface area contributed by atoms with Crippen molar-refractivity contribution in [1.29, 1.82) is 0 Å². The second-order valence-corrected chi connectivity index (χ2v) is 5.23. The average Bonchev–Trinajstić information content (AvgIpc) is 2.77. The highest BCUT2D eigenvalue weighted by Crippen LogP contribution is 2.32. The van der Waals surface area contributed by atoms with Crippen LogP contribution in [0.2, 0.25) is 0 Å². The molecule has 0 radical (unpaired) electrons. The van der Waals surface area contributed by atoms with Crippen LogP contribution < -0.4 is 0 Å². The van der Waals surface area contributed by atoms with Gasteiger partial charge >= 0.3 is 0 Å². The van der Waals surface area contributed by atoms with Gasteiger partial charge in [0.1, 0.15) is 5.82 Å². The maximum absolute atomic E-state index is 13.1. The first-order chi connectivity index (χ1) is 7.81. The lowest BCUT2D eigenvalue weighted by Gasteiger charge is -2.13. The third-order valence-electron chi connectivity index (χ3n) is 4.01. The highest BCUT2D eigenvalue weighted by Gasteiger charge is 2.34. The van der Waals surface area contributed by atoms with Crippen molar-refractivity contribution >= 4 is 0 Å². The molecule has 2 aliphatic rings. The van der Waals surface area contributed by atoms with E-state index in [4.69, 9.17) is 0 Å². The molecule has 2 heteroatoms. The molecule has 2 saturated heterocycles. The summed E-state index contributed by atoms with van der Waals surface area (Å²) in [6, 6.07) is 7.91. The van der Waals surface area contributed by atoms with Crippen LogP contribution in [-0.2, 0) is 6.42 Å². The van der Waals surface area contributed by atoms with Gasteiger partial charge in [-0.25, -0.2) is 4.39 Å². The van der Waals surface area contributed by atoms with E-state index >= 15 is 0 Å². The Morgan fingerprint density at radius 1 is 1.38 bits per heavy atom. The van der Waals surface area contributed by atoms with Gasteiger partial charge in [-0.15, -0.1) is 0 Å². The number of benzene rings is 1. The number of halogens is 1. The van der Waals surface area contributed by atoms with Crippen LogP contribution >= 0.6 is 0 Å². The maximum atomic E-state index is 13.1. The minimum atomic E-state index is -0.101. The van der Waals surface area contributed by atoms with Gasteiger partial charge in [0, 0.05) is 12.6 Å². The van der Waals surface area contributed by atoms with Crippen molar-refractivity contribution in [3.8, 4) is 0 Å². The van der Waals surface area contributed by atoms with Crippen LogP contribution in [0.1, 0.15) is 24.8 Å². The normalized spacial score (nSPS) is 29.6. The molecule has 86 valence electrons. The fourth-order valence-corrected chi connectivity index (χ4v) is 3.34. The Hall–Kier alpha value is -0.890. The fourth-order valence-electron chi connectivity index (χ4n) is 3.34. The molecular weight excluding hydrogens is 201 g/mol. The summed E-state index contributed by atoms with van der Waals surface area (Å²) >= 11 is 0. The molecule has 2 fully saturated rings. The summed E-state index contributed by atoms with van der Waals surface area (Å²) in [7, 11) is 0. The zero-order valence-electron chi connectivity index (χ0n) is 9.53. The summed E-state index contributed by atoms with van der Waals surface area (Å²) in [6.45, 7) is 2.51. The molecule has 2 aliphatic heterocycles. The Morgan fingerprint density at radius 3 is 3.12 bits per heavy atom. The lowest BCUT2D eigenvalue weighted by atomic mass is 9.95. The van der Waals surface area contributed by atoms with Crippen molar-refractivity contribution in [2.24, 2.45) is 5.92 Å². The van der Waals surface area contributed by atoms with Gasteiger partial charge in [0.05, 0.1) is 0 Å². The molecule has 16 heavy (non-hydrogen) atoms. The summed E-state index contributed by atoms with van der Waals surface area (Å²) in [5.74, 6) is 0.642. The summed E-state index contributed by atoms with van der Waals surface area (Å²) < 4.78 is 13.1. The predicted molar refractivity (Wildman–Crippen MR) is 62.8 cm³/mol. The molecule has 0 aliphatic carbocycles. The first-order valence-electron chi connectivity index (χ1n) is 6.30. The summed E-state index contributed by atoms with van der Waals surface area (Å²) in [4.78, 5) is 2.62. The van der Waals surface area contributed by atoms with Gasteiger partial charge in [0.2, 0.25) is 0 Å². The molecule has 3 rings (SSSR count). The molecule has 0 spiro atoms. The number of rotatable bonds is 2. The van der Waals surface area contributed by atoms with E-state index < -0.39 is 0 Å². The molecule has 2 unspecified atom stereocenters. The average molecular weight is 219 g/mol. The van der Waals surface area contributed by atoms with E-state index in [1.807, 2.05) is 12.1 Å². The standard InChI is InChI=1S/C14H18FN/c15-13-4-1-3-11(8-13)7-12-9-14-5-2-6-16(14)10-12/h1,3-4,8,12,14H,2,5-7,9-10H2. The van der Waals surface area contributed by atoms with E-state index in [1.165, 1.54) is 38.4 Å². The van der Waals surface area contributed by atoms with E-state index in [0.29, 0.717) is 0 Å². The van der Waals surface area contributed by atoms with E-state index in [9.17, 15) is 4.39 Å². The van der Waals surface area contributed by atoms with Gasteiger partial charge in [-0.2, -0.15) is 0 Å². The summed E-state index contributed by atoms with van der Waals surface area (Å²) in [5, 5.41) is 0. The zero-order chi connectivity index (χ0) is 11.0. The predicted octanol–water partition coefficient (Wildman–Crippen LogP) is 2.85. The second kappa shape index (κ2) is 4.17. The molecule has 0 bridgehead atoms. The highest BCUT2D eigenvalue weighted by atomic mass is 19.1. The smallest absolute Gasteiger partial charge is 0.123 e. The first-order valence-corrected chi connectivity index (χ1v) is 6.30. The van der Waals surface area contributed by atoms with Crippen LogP contribution in [0.3, 0.4) is 0 Å². The zero-order valence-corrected chi connectivity index (χ0v) is 9.53. The first kappa shape index (κ1) is 10.3. The van der Waals surface area contributed by atoms with Crippen LogP contribution in [0.5, 0.6) is 0 Å². The van der Waals surface area contributed by atoms with Gasteiger partial charge in [-0.3, -0.25) is 0 Å². The number of fused-ring (bicyclic) bond motifs is 1. The van der Waals surface area contributed by atoms with Crippen molar-refractivity contribution in [1.82, 2.24) is 4.90 Å². The van der Waals surface area contributed by atoms with Crippen molar-refractivity contribution < 1.29 is 4.39 Å². The molecular formula is C14H18FN.